The first-order valence-corrected chi connectivity index (χ1v) is 7.62. The third kappa shape index (κ3) is 6.22. The maximum atomic E-state index is 9.13. The molecule has 0 atom stereocenters. The molecule has 0 bridgehead atoms. The summed E-state index contributed by atoms with van der Waals surface area (Å²) in [6, 6.07) is 8.31. The van der Waals surface area contributed by atoms with Crippen LogP contribution in [-0.2, 0) is 6.42 Å². The maximum absolute atomic E-state index is 9.13. The fourth-order valence-electron chi connectivity index (χ4n) is 2.33. The van der Waals surface area contributed by atoms with E-state index in [1.54, 1.807) is 0 Å². The Morgan fingerprint density at radius 1 is 0.842 bits per heavy atom. The Morgan fingerprint density at radius 3 is 2.00 bits per heavy atom. The van der Waals surface area contributed by atoms with Crippen molar-refractivity contribution >= 4 is 0 Å². The third-order valence-electron chi connectivity index (χ3n) is 3.71. The fraction of sp³-hybridized carbons (Fsp3) is 0.647. The Labute approximate surface area is 117 Å². The average molecular weight is 264 g/mol. The average Bonchev–Trinajstić information content (AvgIpc) is 2.45. The second-order valence-electron chi connectivity index (χ2n) is 5.32. The Hall–Kier alpha value is -0.860. The van der Waals surface area contributed by atoms with Crippen LogP contribution in [0.1, 0.15) is 62.5 Å². The van der Waals surface area contributed by atoms with Crippen LogP contribution in [-0.4, -0.2) is 23.4 Å². The number of aliphatic hydroxyl groups is 2. The molecule has 1 aromatic rings. The highest BCUT2D eigenvalue weighted by Gasteiger charge is 2.08. The van der Waals surface area contributed by atoms with Crippen LogP contribution >= 0.6 is 0 Å². The molecule has 2 nitrogen and oxygen atoms in total. The van der Waals surface area contributed by atoms with E-state index in [1.165, 1.54) is 44.1 Å². The molecule has 1 rings (SSSR count). The second kappa shape index (κ2) is 9.99. The molecule has 108 valence electrons. The van der Waals surface area contributed by atoms with Crippen molar-refractivity contribution in [3.63, 3.8) is 0 Å². The molecule has 0 radical (unpaired) electrons. The summed E-state index contributed by atoms with van der Waals surface area (Å²) in [4.78, 5) is 0. The number of rotatable bonds is 10. The third-order valence-corrected chi connectivity index (χ3v) is 3.71. The van der Waals surface area contributed by atoms with E-state index in [1.807, 2.05) is 12.1 Å². The van der Waals surface area contributed by atoms with Crippen molar-refractivity contribution in [2.75, 3.05) is 13.2 Å². The number of benzene rings is 1. The monoisotopic (exact) mass is 264 g/mol. The first-order chi connectivity index (χ1) is 9.31. The van der Waals surface area contributed by atoms with Gasteiger partial charge in [0.1, 0.15) is 0 Å². The summed E-state index contributed by atoms with van der Waals surface area (Å²) < 4.78 is 0. The molecule has 0 aliphatic heterocycles. The van der Waals surface area contributed by atoms with E-state index in [0.29, 0.717) is 0 Å². The largest absolute Gasteiger partial charge is 0.396 e. The summed E-state index contributed by atoms with van der Waals surface area (Å²) >= 11 is 0. The lowest BCUT2D eigenvalue weighted by atomic mass is 9.98. The van der Waals surface area contributed by atoms with Crippen molar-refractivity contribution in [2.45, 2.75) is 57.8 Å². The predicted octanol–water partition coefficient (Wildman–Crippen LogP) is 3.66. The van der Waals surface area contributed by atoms with Gasteiger partial charge < -0.3 is 10.2 Å². The molecule has 19 heavy (non-hydrogen) atoms. The van der Waals surface area contributed by atoms with Crippen molar-refractivity contribution in [2.24, 2.45) is 0 Å². The van der Waals surface area contributed by atoms with Crippen molar-refractivity contribution < 1.29 is 10.2 Å². The van der Waals surface area contributed by atoms with Crippen LogP contribution in [0.5, 0.6) is 0 Å². The van der Waals surface area contributed by atoms with E-state index >= 15 is 0 Å². The van der Waals surface area contributed by atoms with Gasteiger partial charge in [-0.1, -0.05) is 63.3 Å². The highest BCUT2D eigenvalue weighted by molar-refractivity contribution is 5.25. The zero-order valence-corrected chi connectivity index (χ0v) is 12.1. The lowest BCUT2D eigenvalue weighted by Gasteiger charge is -2.11. The van der Waals surface area contributed by atoms with Crippen LogP contribution < -0.4 is 0 Å². The van der Waals surface area contributed by atoms with Gasteiger partial charge in [0, 0.05) is 5.92 Å². The molecule has 0 aromatic heterocycles. The lowest BCUT2D eigenvalue weighted by Crippen LogP contribution is -2.08. The van der Waals surface area contributed by atoms with Gasteiger partial charge in [0.15, 0.2) is 0 Å². The molecule has 0 fully saturated rings. The minimum Gasteiger partial charge on any atom is -0.396 e. The molecule has 0 spiro atoms. The molecular weight excluding hydrogens is 236 g/mol. The van der Waals surface area contributed by atoms with E-state index in [-0.39, 0.29) is 19.1 Å². The van der Waals surface area contributed by atoms with E-state index in [4.69, 9.17) is 10.2 Å². The van der Waals surface area contributed by atoms with Crippen LogP contribution in [0.4, 0.5) is 0 Å². The van der Waals surface area contributed by atoms with E-state index in [9.17, 15) is 0 Å². The van der Waals surface area contributed by atoms with E-state index in [2.05, 4.69) is 19.1 Å². The second-order valence-corrected chi connectivity index (χ2v) is 5.32. The minimum atomic E-state index is -0.136. The molecule has 2 heteroatoms. The Bertz CT molecular complexity index is 315. The number of hydrogen-bond acceptors (Lipinski definition) is 2. The first-order valence-electron chi connectivity index (χ1n) is 7.62. The number of aryl methyl sites for hydroxylation is 1. The SMILES string of the molecule is CCCCCCCCc1ccc(C(CO)CO)cc1. The molecule has 0 saturated carbocycles. The van der Waals surface area contributed by atoms with Crippen LogP contribution in [0.25, 0.3) is 0 Å². The zero-order valence-electron chi connectivity index (χ0n) is 12.1. The lowest BCUT2D eigenvalue weighted by molar-refractivity contribution is 0.192. The minimum absolute atomic E-state index is 0.00722. The van der Waals surface area contributed by atoms with Gasteiger partial charge in [-0.3, -0.25) is 0 Å². The van der Waals surface area contributed by atoms with Gasteiger partial charge >= 0.3 is 0 Å². The van der Waals surface area contributed by atoms with E-state index in [0.717, 1.165) is 12.0 Å². The van der Waals surface area contributed by atoms with Gasteiger partial charge in [0.25, 0.3) is 0 Å². The van der Waals surface area contributed by atoms with Crippen LogP contribution in [0.2, 0.25) is 0 Å². The number of aliphatic hydroxyl groups excluding tert-OH is 2. The van der Waals surface area contributed by atoms with Crippen molar-refractivity contribution in [3.8, 4) is 0 Å². The van der Waals surface area contributed by atoms with Crippen LogP contribution in [0.3, 0.4) is 0 Å². The summed E-state index contributed by atoms with van der Waals surface area (Å²) in [6.07, 6.45) is 9.09. The maximum Gasteiger partial charge on any atom is 0.0521 e. The Morgan fingerprint density at radius 2 is 1.42 bits per heavy atom. The first kappa shape index (κ1) is 16.2. The molecule has 1 aromatic carbocycles. The van der Waals surface area contributed by atoms with E-state index < -0.39 is 0 Å². The Balaban J connectivity index is 2.28. The summed E-state index contributed by atoms with van der Waals surface area (Å²) in [5.74, 6) is -0.136. The summed E-state index contributed by atoms with van der Waals surface area (Å²) in [7, 11) is 0. The van der Waals surface area contributed by atoms with Gasteiger partial charge in [-0.15, -0.1) is 0 Å². The summed E-state index contributed by atoms with van der Waals surface area (Å²) in [5, 5.41) is 18.3. The van der Waals surface area contributed by atoms with Gasteiger partial charge in [0.05, 0.1) is 13.2 Å². The predicted molar refractivity (Wildman–Crippen MR) is 80.4 cm³/mol. The standard InChI is InChI=1S/C17H28O2/c1-2-3-4-5-6-7-8-15-9-11-16(12-10-15)17(13-18)14-19/h9-12,17-19H,2-8,13-14H2,1H3. The molecule has 0 aliphatic carbocycles. The van der Waals surface area contributed by atoms with Crippen LogP contribution in [0, 0.1) is 0 Å². The molecular formula is C17H28O2. The fourth-order valence-corrected chi connectivity index (χ4v) is 2.33. The summed E-state index contributed by atoms with van der Waals surface area (Å²) in [5.41, 5.74) is 2.38. The van der Waals surface area contributed by atoms with Gasteiger partial charge in [0.2, 0.25) is 0 Å². The molecule has 0 aliphatic rings. The normalized spacial score (nSPS) is 11.2. The van der Waals surface area contributed by atoms with Crippen molar-refractivity contribution in [3.05, 3.63) is 35.4 Å². The molecule has 0 amide bonds. The highest BCUT2D eigenvalue weighted by atomic mass is 16.3. The van der Waals surface area contributed by atoms with Crippen LogP contribution in [0.15, 0.2) is 24.3 Å². The molecule has 0 heterocycles. The molecule has 2 N–H and O–H groups in total. The number of unbranched alkanes of at least 4 members (excludes halogenated alkanes) is 5. The number of hydrogen-bond donors (Lipinski definition) is 2. The smallest absolute Gasteiger partial charge is 0.0521 e. The zero-order chi connectivity index (χ0) is 13.9. The Kier molecular flexibility index (Phi) is 8.52. The van der Waals surface area contributed by atoms with Gasteiger partial charge in [-0.2, -0.15) is 0 Å². The summed E-state index contributed by atoms with van der Waals surface area (Å²) in [6.45, 7) is 2.26. The quantitative estimate of drug-likeness (QED) is 0.633. The van der Waals surface area contributed by atoms with Gasteiger partial charge in [-0.25, -0.2) is 0 Å². The van der Waals surface area contributed by atoms with Crippen molar-refractivity contribution in [1.29, 1.82) is 0 Å². The molecule has 0 saturated heterocycles. The topological polar surface area (TPSA) is 40.5 Å². The molecule has 0 unspecified atom stereocenters. The van der Waals surface area contributed by atoms with Gasteiger partial charge in [-0.05, 0) is 24.0 Å². The van der Waals surface area contributed by atoms with Crippen molar-refractivity contribution in [1.82, 2.24) is 0 Å². The highest BCUT2D eigenvalue weighted by Crippen LogP contribution is 2.17.